The fourth-order valence-corrected chi connectivity index (χ4v) is 1.66. The van der Waals surface area contributed by atoms with E-state index < -0.39 is 0 Å². The molecule has 0 saturated carbocycles. The third kappa shape index (κ3) is 2.40. The van der Waals surface area contributed by atoms with Crippen molar-refractivity contribution >= 4 is 11.6 Å². The largest absolute Gasteiger partial charge is 0.320 e. The maximum atomic E-state index is 12.7. The van der Waals surface area contributed by atoms with Gasteiger partial charge in [-0.1, -0.05) is 35.9 Å². The van der Waals surface area contributed by atoms with Crippen LogP contribution in [0.4, 0.5) is 4.39 Å². The summed E-state index contributed by atoms with van der Waals surface area (Å²) >= 11 is 5.79. The summed E-state index contributed by atoms with van der Waals surface area (Å²) in [4.78, 5) is 0. The lowest BCUT2D eigenvalue weighted by molar-refractivity contribution is 0.626. The van der Waals surface area contributed by atoms with Gasteiger partial charge in [-0.3, -0.25) is 0 Å². The first-order valence-corrected chi connectivity index (χ1v) is 5.31. The first-order valence-electron chi connectivity index (χ1n) is 4.93. The Morgan fingerprint density at radius 2 is 1.31 bits per heavy atom. The SMILES string of the molecule is NC(c1ccc(F)cc1)c1ccc(Cl)cc1. The summed E-state index contributed by atoms with van der Waals surface area (Å²) < 4.78 is 12.7. The van der Waals surface area contributed by atoms with Crippen LogP contribution in [0.2, 0.25) is 5.02 Å². The fraction of sp³-hybridized carbons (Fsp3) is 0.0769. The van der Waals surface area contributed by atoms with Crippen molar-refractivity contribution in [1.82, 2.24) is 0 Å². The second kappa shape index (κ2) is 4.64. The van der Waals surface area contributed by atoms with Gasteiger partial charge < -0.3 is 5.73 Å². The molecule has 0 bridgehead atoms. The predicted molar refractivity (Wildman–Crippen MR) is 63.9 cm³/mol. The monoisotopic (exact) mass is 235 g/mol. The highest BCUT2D eigenvalue weighted by molar-refractivity contribution is 6.30. The Kier molecular flexibility index (Phi) is 3.22. The predicted octanol–water partition coefficient (Wildman–Crippen LogP) is 3.53. The molecule has 0 fully saturated rings. The van der Waals surface area contributed by atoms with Gasteiger partial charge in [0.05, 0.1) is 6.04 Å². The van der Waals surface area contributed by atoms with Crippen molar-refractivity contribution in [2.24, 2.45) is 5.73 Å². The topological polar surface area (TPSA) is 26.0 Å². The molecule has 0 radical (unpaired) electrons. The highest BCUT2D eigenvalue weighted by Gasteiger charge is 2.08. The summed E-state index contributed by atoms with van der Waals surface area (Å²) in [6, 6.07) is 13.3. The van der Waals surface area contributed by atoms with E-state index in [-0.39, 0.29) is 11.9 Å². The first kappa shape index (κ1) is 11.1. The van der Waals surface area contributed by atoms with Crippen molar-refractivity contribution in [2.75, 3.05) is 0 Å². The number of halogens is 2. The average molecular weight is 236 g/mol. The minimum atomic E-state index is -0.257. The molecule has 0 spiro atoms. The van der Waals surface area contributed by atoms with Crippen LogP contribution in [0.15, 0.2) is 48.5 Å². The van der Waals surface area contributed by atoms with Gasteiger partial charge in [0.25, 0.3) is 0 Å². The van der Waals surface area contributed by atoms with Crippen molar-refractivity contribution in [1.29, 1.82) is 0 Å². The van der Waals surface area contributed by atoms with Gasteiger partial charge in [0, 0.05) is 5.02 Å². The molecule has 0 aliphatic rings. The van der Waals surface area contributed by atoms with E-state index in [1.807, 2.05) is 12.1 Å². The Bertz CT molecular complexity index is 419. The number of benzene rings is 2. The summed E-state index contributed by atoms with van der Waals surface area (Å²) in [6.07, 6.45) is 0. The third-order valence-electron chi connectivity index (χ3n) is 2.46. The maximum Gasteiger partial charge on any atom is 0.123 e. The van der Waals surface area contributed by atoms with Crippen LogP contribution >= 0.6 is 11.6 Å². The molecule has 1 atom stereocenters. The summed E-state index contributed by atoms with van der Waals surface area (Å²) in [7, 11) is 0. The van der Waals surface area contributed by atoms with Crippen molar-refractivity contribution in [3.63, 3.8) is 0 Å². The Labute approximate surface area is 98.7 Å². The van der Waals surface area contributed by atoms with Crippen LogP contribution in [0.5, 0.6) is 0 Å². The van der Waals surface area contributed by atoms with E-state index in [1.165, 1.54) is 12.1 Å². The Balaban J connectivity index is 2.28. The number of nitrogens with two attached hydrogens (primary N) is 1. The smallest absolute Gasteiger partial charge is 0.123 e. The average Bonchev–Trinajstić information content (AvgIpc) is 2.30. The number of hydrogen-bond acceptors (Lipinski definition) is 1. The molecular weight excluding hydrogens is 225 g/mol. The minimum Gasteiger partial charge on any atom is -0.320 e. The second-order valence-corrected chi connectivity index (χ2v) is 4.02. The molecule has 0 aliphatic carbocycles. The molecule has 16 heavy (non-hydrogen) atoms. The van der Waals surface area contributed by atoms with Gasteiger partial charge in [-0.2, -0.15) is 0 Å². The van der Waals surface area contributed by atoms with Crippen molar-refractivity contribution in [3.8, 4) is 0 Å². The Morgan fingerprint density at radius 3 is 1.81 bits per heavy atom. The van der Waals surface area contributed by atoms with Gasteiger partial charge in [-0.05, 0) is 35.4 Å². The van der Waals surface area contributed by atoms with Crippen LogP contribution in [-0.4, -0.2) is 0 Å². The molecule has 2 rings (SSSR count). The van der Waals surface area contributed by atoms with E-state index in [4.69, 9.17) is 17.3 Å². The van der Waals surface area contributed by atoms with Gasteiger partial charge in [-0.15, -0.1) is 0 Å². The zero-order chi connectivity index (χ0) is 11.5. The normalized spacial score (nSPS) is 12.4. The van der Waals surface area contributed by atoms with E-state index in [9.17, 15) is 4.39 Å². The van der Waals surface area contributed by atoms with Crippen molar-refractivity contribution < 1.29 is 4.39 Å². The lowest BCUT2D eigenvalue weighted by Gasteiger charge is -2.12. The summed E-state index contributed by atoms with van der Waals surface area (Å²) in [5.41, 5.74) is 7.88. The van der Waals surface area contributed by atoms with Gasteiger partial charge in [0.2, 0.25) is 0 Å². The first-order chi connectivity index (χ1) is 7.66. The molecule has 0 amide bonds. The molecule has 1 nitrogen and oxygen atoms in total. The van der Waals surface area contributed by atoms with Gasteiger partial charge in [-0.25, -0.2) is 4.39 Å². The zero-order valence-corrected chi connectivity index (χ0v) is 9.29. The van der Waals surface area contributed by atoms with Crippen LogP contribution in [0.3, 0.4) is 0 Å². The van der Waals surface area contributed by atoms with Crippen molar-refractivity contribution in [3.05, 3.63) is 70.5 Å². The summed E-state index contributed by atoms with van der Waals surface area (Å²) in [6.45, 7) is 0. The molecule has 0 saturated heterocycles. The van der Waals surface area contributed by atoms with Crippen LogP contribution in [-0.2, 0) is 0 Å². The van der Waals surface area contributed by atoms with E-state index in [0.717, 1.165) is 11.1 Å². The Hall–Kier alpha value is -1.38. The number of rotatable bonds is 2. The molecule has 2 aromatic rings. The molecule has 0 heterocycles. The molecule has 3 heteroatoms. The van der Waals surface area contributed by atoms with E-state index in [1.54, 1.807) is 24.3 Å². The van der Waals surface area contributed by atoms with E-state index >= 15 is 0 Å². The summed E-state index contributed by atoms with van der Waals surface area (Å²) in [5, 5.41) is 0.676. The molecule has 2 N–H and O–H groups in total. The van der Waals surface area contributed by atoms with E-state index in [0.29, 0.717) is 5.02 Å². The van der Waals surface area contributed by atoms with Crippen LogP contribution in [0.1, 0.15) is 17.2 Å². The minimum absolute atomic E-state index is 0.252. The van der Waals surface area contributed by atoms with Gasteiger partial charge in [0.1, 0.15) is 5.82 Å². The molecule has 82 valence electrons. The molecule has 2 aromatic carbocycles. The van der Waals surface area contributed by atoms with Gasteiger partial charge >= 0.3 is 0 Å². The van der Waals surface area contributed by atoms with Crippen LogP contribution in [0, 0.1) is 5.82 Å². The Morgan fingerprint density at radius 1 is 0.875 bits per heavy atom. The number of hydrogen-bond donors (Lipinski definition) is 1. The third-order valence-corrected chi connectivity index (χ3v) is 2.71. The second-order valence-electron chi connectivity index (χ2n) is 3.58. The standard InChI is InChI=1S/C13H11ClFN/c14-11-5-1-9(2-6-11)13(16)10-3-7-12(15)8-4-10/h1-8,13H,16H2. The van der Waals surface area contributed by atoms with E-state index in [2.05, 4.69) is 0 Å². The highest BCUT2D eigenvalue weighted by atomic mass is 35.5. The quantitative estimate of drug-likeness (QED) is 0.847. The lowest BCUT2D eigenvalue weighted by Crippen LogP contribution is -2.11. The van der Waals surface area contributed by atoms with Crippen LogP contribution in [0.25, 0.3) is 0 Å². The molecule has 0 aromatic heterocycles. The van der Waals surface area contributed by atoms with Gasteiger partial charge in [0.15, 0.2) is 0 Å². The van der Waals surface area contributed by atoms with Crippen molar-refractivity contribution in [2.45, 2.75) is 6.04 Å². The highest BCUT2D eigenvalue weighted by Crippen LogP contribution is 2.21. The molecule has 0 aliphatic heterocycles. The zero-order valence-electron chi connectivity index (χ0n) is 8.53. The maximum absolute atomic E-state index is 12.7. The molecular formula is C13H11ClFN. The fourth-order valence-electron chi connectivity index (χ4n) is 1.53. The molecule has 1 unspecified atom stereocenters. The van der Waals surface area contributed by atoms with Crippen LogP contribution < -0.4 is 5.73 Å². The lowest BCUT2D eigenvalue weighted by atomic mass is 10.00. The summed E-state index contributed by atoms with van der Waals surface area (Å²) in [5.74, 6) is -0.257.